The molecular weight excluding hydrogens is 258 g/mol. The fraction of sp³-hybridized carbons (Fsp3) is 0.684. The molecule has 2 rings (SSSR count). The Morgan fingerprint density at radius 1 is 1.19 bits per heavy atom. The van der Waals surface area contributed by atoms with E-state index in [9.17, 15) is 5.11 Å². The van der Waals surface area contributed by atoms with Crippen LogP contribution in [0.1, 0.15) is 64.5 Å². The van der Waals surface area contributed by atoms with Gasteiger partial charge in [0.1, 0.15) is 0 Å². The Morgan fingerprint density at radius 2 is 1.81 bits per heavy atom. The van der Waals surface area contributed by atoms with Gasteiger partial charge in [0.05, 0.1) is 5.60 Å². The van der Waals surface area contributed by atoms with Gasteiger partial charge in [0.25, 0.3) is 0 Å². The van der Waals surface area contributed by atoms with Crippen molar-refractivity contribution in [2.75, 3.05) is 6.54 Å². The van der Waals surface area contributed by atoms with Gasteiger partial charge in [0.2, 0.25) is 0 Å². The number of benzene rings is 1. The summed E-state index contributed by atoms with van der Waals surface area (Å²) in [4.78, 5) is 0. The largest absolute Gasteiger partial charge is 0.389 e. The SMILES string of the molecule is CC(C)CC(NCC1(O)CCC(C)CC1)c1ccccc1. The lowest BCUT2D eigenvalue weighted by Gasteiger charge is -2.36. The van der Waals surface area contributed by atoms with E-state index in [0.29, 0.717) is 18.5 Å². The lowest BCUT2D eigenvalue weighted by atomic mass is 9.79. The van der Waals surface area contributed by atoms with Crippen LogP contribution in [-0.2, 0) is 0 Å². The fourth-order valence-corrected chi connectivity index (χ4v) is 3.28. The Labute approximate surface area is 130 Å². The second kappa shape index (κ2) is 7.42. The van der Waals surface area contributed by atoms with Crippen molar-refractivity contribution in [2.45, 2.75) is 64.5 Å². The van der Waals surface area contributed by atoms with Crippen LogP contribution in [0.3, 0.4) is 0 Å². The molecule has 0 radical (unpaired) electrons. The summed E-state index contributed by atoms with van der Waals surface area (Å²) in [5.41, 5.74) is 0.829. The van der Waals surface area contributed by atoms with Gasteiger partial charge in [-0.1, -0.05) is 51.1 Å². The molecule has 118 valence electrons. The summed E-state index contributed by atoms with van der Waals surface area (Å²) in [5, 5.41) is 14.4. The van der Waals surface area contributed by atoms with E-state index in [4.69, 9.17) is 0 Å². The first-order chi connectivity index (χ1) is 9.98. The minimum absolute atomic E-state index is 0.342. The van der Waals surface area contributed by atoms with Crippen molar-refractivity contribution >= 4 is 0 Å². The highest BCUT2D eigenvalue weighted by atomic mass is 16.3. The first-order valence-corrected chi connectivity index (χ1v) is 8.49. The van der Waals surface area contributed by atoms with E-state index in [0.717, 1.165) is 38.0 Å². The van der Waals surface area contributed by atoms with E-state index in [1.54, 1.807) is 0 Å². The highest BCUT2D eigenvalue weighted by molar-refractivity contribution is 5.19. The maximum absolute atomic E-state index is 10.8. The first-order valence-electron chi connectivity index (χ1n) is 8.49. The Hall–Kier alpha value is -0.860. The van der Waals surface area contributed by atoms with Gasteiger partial charge >= 0.3 is 0 Å². The molecule has 1 saturated carbocycles. The van der Waals surface area contributed by atoms with Crippen LogP contribution in [0, 0.1) is 11.8 Å². The standard InChI is InChI=1S/C19H31NO/c1-15(2)13-18(17-7-5-4-6-8-17)20-14-19(21)11-9-16(3)10-12-19/h4-8,15-16,18,20-21H,9-14H2,1-3H3. The number of aliphatic hydroxyl groups is 1. The van der Waals surface area contributed by atoms with Crippen LogP contribution in [0.15, 0.2) is 30.3 Å². The molecule has 2 heteroatoms. The second-order valence-corrected chi connectivity index (χ2v) is 7.38. The average Bonchev–Trinajstić information content (AvgIpc) is 2.48. The number of hydrogen-bond donors (Lipinski definition) is 2. The van der Waals surface area contributed by atoms with E-state index in [2.05, 4.69) is 56.4 Å². The van der Waals surface area contributed by atoms with Crippen molar-refractivity contribution in [2.24, 2.45) is 11.8 Å². The summed E-state index contributed by atoms with van der Waals surface area (Å²) < 4.78 is 0. The Morgan fingerprint density at radius 3 is 2.38 bits per heavy atom. The van der Waals surface area contributed by atoms with Crippen molar-refractivity contribution < 1.29 is 5.11 Å². The molecule has 1 aromatic carbocycles. The summed E-state index contributed by atoms with van der Waals surface area (Å²) in [5.74, 6) is 1.41. The van der Waals surface area contributed by atoms with Gasteiger partial charge in [-0.3, -0.25) is 0 Å². The third-order valence-electron chi connectivity index (χ3n) is 4.79. The summed E-state index contributed by atoms with van der Waals surface area (Å²) >= 11 is 0. The van der Waals surface area contributed by atoms with E-state index < -0.39 is 5.60 Å². The van der Waals surface area contributed by atoms with Gasteiger partial charge in [-0.2, -0.15) is 0 Å². The summed E-state index contributed by atoms with van der Waals surface area (Å²) in [7, 11) is 0. The molecule has 0 bridgehead atoms. The van der Waals surface area contributed by atoms with Crippen LogP contribution in [0.4, 0.5) is 0 Å². The van der Waals surface area contributed by atoms with Crippen molar-refractivity contribution in [3.05, 3.63) is 35.9 Å². The maximum atomic E-state index is 10.8. The molecule has 21 heavy (non-hydrogen) atoms. The maximum Gasteiger partial charge on any atom is 0.0772 e. The smallest absolute Gasteiger partial charge is 0.0772 e. The molecule has 0 heterocycles. The molecule has 2 N–H and O–H groups in total. The number of rotatable bonds is 6. The quantitative estimate of drug-likeness (QED) is 0.818. The molecule has 1 fully saturated rings. The normalized spacial score (nSPS) is 27.8. The third-order valence-corrected chi connectivity index (χ3v) is 4.79. The zero-order valence-electron chi connectivity index (χ0n) is 13.8. The highest BCUT2D eigenvalue weighted by Gasteiger charge is 2.32. The molecule has 0 saturated heterocycles. The minimum atomic E-state index is -0.503. The molecule has 0 amide bonds. The topological polar surface area (TPSA) is 32.3 Å². The predicted octanol–water partition coefficient (Wildman–Crippen LogP) is 4.30. The Bertz CT molecular complexity index is 407. The second-order valence-electron chi connectivity index (χ2n) is 7.38. The van der Waals surface area contributed by atoms with E-state index in [1.807, 2.05) is 0 Å². The van der Waals surface area contributed by atoms with Crippen molar-refractivity contribution in [3.8, 4) is 0 Å². The van der Waals surface area contributed by atoms with E-state index >= 15 is 0 Å². The minimum Gasteiger partial charge on any atom is -0.389 e. The molecule has 0 aromatic heterocycles. The van der Waals surface area contributed by atoms with Gasteiger partial charge in [0.15, 0.2) is 0 Å². The average molecular weight is 289 g/mol. The van der Waals surface area contributed by atoms with Crippen molar-refractivity contribution in [1.82, 2.24) is 5.32 Å². The zero-order chi connectivity index (χ0) is 15.3. The third kappa shape index (κ3) is 5.12. The fourth-order valence-electron chi connectivity index (χ4n) is 3.28. The van der Waals surface area contributed by atoms with Gasteiger partial charge < -0.3 is 10.4 Å². The summed E-state index contributed by atoms with van der Waals surface area (Å²) in [6.45, 7) is 7.52. The van der Waals surface area contributed by atoms with Gasteiger partial charge in [-0.25, -0.2) is 0 Å². The van der Waals surface area contributed by atoms with E-state index in [1.165, 1.54) is 5.56 Å². The Balaban J connectivity index is 1.96. The lowest BCUT2D eigenvalue weighted by molar-refractivity contribution is -0.00869. The first kappa shape index (κ1) is 16.5. The molecule has 1 atom stereocenters. The van der Waals surface area contributed by atoms with Crippen LogP contribution >= 0.6 is 0 Å². The van der Waals surface area contributed by atoms with Crippen molar-refractivity contribution in [3.63, 3.8) is 0 Å². The van der Waals surface area contributed by atoms with Crippen LogP contribution in [0.25, 0.3) is 0 Å². The number of nitrogens with one attached hydrogen (secondary N) is 1. The predicted molar refractivity (Wildman–Crippen MR) is 89.2 cm³/mol. The van der Waals surface area contributed by atoms with Crippen LogP contribution < -0.4 is 5.32 Å². The number of hydrogen-bond acceptors (Lipinski definition) is 2. The monoisotopic (exact) mass is 289 g/mol. The zero-order valence-corrected chi connectivity index (χ0v) is 13.8. The van der Waals surface area contributed by atoms with Gasteiger partial charge in [-0.05, 0) is 49.5 Å². The van der Waals surface area contributed by atoms with Gasteiger partial charge in [-0.15, -0.1) is 0 Å². The molecule has 1 aliphatic rings. The molecule has 1 unspecified atom stereocenters. The Kier molecular flexibility index (Phi) is 5.83. The lowest BCUT2D eigenvalue weighted by Crippen LogP contribution is -2.44. The molecule has 1 aliphatic carbocycles. The van der Waals surface area contributed by atoms with E-state index in [-0.39, 0.29) is 0 Å². The van der Waals surface area contributed by atoms with Crippen LogP contribution in [0.2, 0.25) is 0 Å². The highest BCUT2D eigenvalue weighted by Crippen LogP contribution is 2.32. The molecule has 2 nitrogen and oxygen atoms in total. The van der Waals surface area contributed by atoms with Crippen molar-refractivity contribution in [1.29, 1.82) is 0 Å². The molecule has 1 aromatic rings. The van der Waals surface area contributed by atoms with Crippen LogP contribution in [-0.4, -0.2) is 17.3 Å². The van der Waals surface area contributed by atoms with Gasteiger partial charge in [0, 0.05) is 12.6 Å². The summed E-state index contributed by atoms with van der Waals surface area (Å²) in [6.07, 6.45) is 5.28. The van der Waals surface area contributed by atoms with Crippen LogP contribution in [0.5, 0.6) is 0 Å². The molecule has 0 spiro atoms. The summed E-state index contributed by atoms with van der Waals surface area (Å²) in [6, 6.07) is 11.0. The molecular formula is C19H31NO. The molecule has 0 aliphatic heterocycles.